The SMILES string of the molecule is CCCCCCCCCCCCCCNc1nc(NCC)nc(NCCCN)n1. The number of rotatable bonds is 20. The maximum Gasteiger partial charge on any atom is 0.229 e. The Kier molecular flexibility index (Phi) is 16.1. The first kappa shape index (κ1) is 25.4. The first-order valence-corrected chi connectivity index (χ1v) is 12.0. The van der Waals surface area contributed by atoms with Crippen LogP contribution in [0.1, 0.15) is 97.3 Å². The molecule has 0 aromatic carbocycles. The minimum atomic E-state index is 0.599. The average Bonchev–Trinajstić information content (AvgIpc) is 2.72. The monoisotopic (exact) mass is 407 g/mol. The number of nitrogens with two attached hydrogens (primary N) is 1. The highest BCUT2D eigenvalue weighted by molar-refractivity contribution is 5.42. The fourth-order valence-corrected chi connectivity index (χ4v) is 3.24. The average molecular weight is 408 g/mol. The Labute approximate surface area is 178 Å². The van der Waals surface area contributed by atoms with E-state index in [4.69, 9.17) is 5.73 Å². The van der Waals surface area contributed by atoms with Gasteiger partial charge in [-0.25, -0.2) is 0 Å². The lowest BCUT2D eigenvalue weighted by Gasteiger charge is -2.10. The minimum absolute atomic E-state index is 0.599. The number of anilines is 3. The molecule has 1 aromatic heterocycles. The van der Waals surface area contributed by atoms with Crippen LogP contribution in [0.25, 0.3) is 0 Å². The molecule has 0 aliphatic rings. The number of unbranched alkanes of at least 4 members (excludes halogenated alkanes) is 11. The van der Waals surface area contributed by atoms with Gasteiger partial charge in [0.05, 0.1) is 0 Å². The number of nitrogens with one attached hydrogen (secondary N) is 3. The molecule has 0 unspecified atom stereocenters. The second kappa shape index (κ2) is 18.4. The number of aromatic nitrogens is 3. The highest BCUT2D eigenvalue weighted by Gasteiger charge is 2.05. The van der Waals surface area contributed by atoms with Crippen LogP contribution in [0.5, 0.6) is 0 Å². The summed E-state index contributed by atoms with van der Waals surface area (Å²) in [4.78, 5) is 13.3. The number of hydrogen-bond donors (Lipinski definition) is 4. The summed E-state index contributed by atoms with van der Waals surface area (Å²) in [6, 6.07) is 0. The van der Waals surface area contributed by atoms with E-state index in [1.165, 1.54) is 70.6 Å². The third kappa shape index (κ3) is 14.1. The summed E-state index contributed by atoms with van der Waals surface area (Å²) in [7, 11) is 0. The minimum Gasteiger partial charge on any atom is -0.354 e. The van der Waals surface area contributed by atoms with Crippen LogP contribution in [0.15, 0.2) is 0 Å². The van der Waals surface area contributed by atoms with E-state index in [9.17, 15) is 0 Å². The van der Waals surface area contributed by atoms with Crippen molar-refractivity contribution in [2.45, 2.75) is 97.3 Å². The Morgan fingerprint density at radius 3 is 1.41 bits per heavy atom. The van der Waals surface area contributed by atoms with Crippen LogP contribution in [-0.4, -0.2) is 41.1 Å². The van der Waals surface area contributed by atoms with Crippen LogP contribution in [0.4, 0.5) is 17.8 Å². The van der Waals surface area contributed by atoms with E-state index in [1.807, 2.05) is 6.92 Å². The van der Waals surface area contributed by atoms with Crippen molar-refractivity contribution in [3.63, 3.8) is 0 Å². The molecule has 29 heavy (non-hydrogen) atoms. The summed E-state index contributed by atoms with van der Waals surface area (Å²) in [5, 5.41) is 9.72. The van der Waals surface area contributed by atoms with Crippen LogP contribution in [-0.2, 0) is 0 Å². The zero-order valence-electron chi connectivity index (χ0n) is 18.9. The lowest BCUT2D eigenvalue weighted by Crippen LogP contribution is -2.15. The molecule has 1 rings (SSSR count). The van der Waals surface area contributed by atoms with E-state index in [0.29, 0.717) is 24.4 Å². The predicted octanol–water partition coefficient (Wildman–Crippen LogP) is 5.18. The summed E-state index contributed by atoms with van der Waals surface area (Å²) < 4.78 is 0. The molecule has 1 heterocycles. The zero-order valence-corrected chi connectivity index (χ0v) is 18.9. The van der Waals surface area contributed by atoms with Gasteiger partial charge in [-0.15, -0.1) is 0 Å². The Hall–Kier alpha value is -1.63. The van der Waals surface area contributed by atoms with E-state index < -0.39 is 0 Å². The lowest BCUT2D eigenvalue weighted by atomic mass is 10.1. The summed E-state index contributed by atoms with van der Waals surface area (Å²) in [5.41, 5.74) is 5.54. The molecule has 0 aliphatic heterocycles. The van der Waals surface area contributed by atoms with Crippen LogP contribution in [0, 0.1) is 0 Å². The molecule has 0 amide bonds. The van der Waals surface area contributed by atoms with Crippen molar-refractivity contribution >= 4 is 17.8 Å². The van der Waals surface area contributed by atoms with Crippen molar-refractivity contribution in [1.29, 1.82) is 0 Å². The standard InChI is InChI=1S/C22H45N7/c1-3-5-6-7-8-9-10-11-12-13-14-15-18-25-21-27-20(24-4-2)28-22(29-21)26-19-16-17-23/h3-19,23H2,1-2H3,(H3,24,25,26,27,28,29). The molecule has 0 spiro atoms. The summed E-state index contributed by atoms with van der Waals surface area (Å²) in [6.45, 7) is 7.41. The Balaban J connectivity index is 2.12. The van der Waals surface area contributed by atoms with Crippen LogP contribution in [0.3, 0.4) is 0 Å². The summed E-state index contributed by atoms with van der Waals surface area (Å²) in [6.07, 6.45) is 17.2. The Morgan fingerprint density at radius 2 is 0.966 bits per heavy atom. The fraction of sp³-hybridized carbons (Fsp3) is 0.864. The van der Waals surface area contributed by atoms with Crippen molar-refractivity contribution in [2.24, 2.45) is 5.73 Å². The van der Waals surface area contributed by atoms with Gasteiger partial charge in [-0.2, -0.15) is 15.0 Å². The molecule has 0 saturated heterocycles. The second-order valence-electron chi connectivity index (χ2n) is 7.72. The predicted molar refractivity (Wildman–Crippen MR) is 126 cm³/mol. The van der Waals surface area contributed by atoms with Crippen molar-refractivity contribution < 1.29 is 0 Å². The maximum absolute atomic E-state index is 5.54. The Bertz CT molecular complexity index is 496. The van der Waals surface area contributed by atoms with E-state index in [0.717, 1.165) is 32.5 Å². The fourth-order valence-electron chi connectivity index (χ4n) is 3.24. The number of nitrogens with zero attached hydrogens (tertiary/aromatic N) is 3. The van der Waals surface area contributed by atoms with Crippen LogP contribution in [0.2, 0.25) is 0 Å². The van der Waals surface area contributed by atoms with Gasteiger partial charge in [0.2, 0.25) is 17.8 Å². The van der Waals surface area contributed by atoms with Gasteiger partial charge in [-0.3, -0.25) is 0 Å². The van der Waals surface area contributed by atoms with Gasteiger partial charge in [-0.1, -0.05) is 77.6 Å². The van der Waals surface area contributed by atoms with E-state index in [1.54, 1.807) is 0 Å². The third-order valence-electron chi connectivity index (χ3n) is 4.95. The normalized spacial score (nSPS) is 10.9. The van der Waals surface area contributed by atoms with Gasteiger partial charge in [0.1, 0.15) is 0 Å². The second-order valence-corrected chi connectivity index (χ2v) is 7.72. The van der Waals surface area contributed by atoms with Crippen LogP contribution >= 0.6 is 0 Å². The first-order chi connectivity index (χ1) is 14.3. The highest BCUT2D eigenvalue weighted by atomic mass is 15.3. The smallest absolute Gasteiger partial charge is 0.229 e. The quantitative estimate of drug-likeness (QED) is 0.221. The van der Waals surface area contributed by atoms with E-state index in [2.05, 4.69) is 37.8 Å². The van der Waals surface area contributed by atoms with Crippen molar-refractivity contribution in [2.75, 3.05) is 42.1 Å². The molecule has 1 aromatic rings. The van der Waals surface area contributed by atoms with Gasteiger partial charge in [0.25, 0.3) is 0 Å². The molecular formula is C22H45N7. The first-order valence-electron chi connectivity index (χ1n) is 12.0. The van der Waals surface area contributed by atoms with Gasteiger partial charge >= 0.3 is 0 Å². The third-order valence-corrected chi connectivity index (χ3v) is 4.95. The van der Waals surface area contributed by atoms with Gasteiger partial charge in [-0.05, 0) is 26.3 Å². The van der Waals surface area contributed by atoms with Crippen LogP contribution < -0.4 is 21.7 Å². The summed E-state index contributed by atoms with van der Waals surface area (Å²) >= 11 is 0. The molecule has 168 valence electrons. The molecule has 0 bridgehead atoms. The highest BCUT2D eigenvalue weighted by Crippen LogP contribution is 2.13. The number of hydrogen-bond acceptors (Lipinski definition) is 7. The molecule has 0 fully saturated rings. The largest absolute Gasteiger partial charge is 0.354 e. The van der Waals surface area contributed by atoms with Gasteiger partial charge in [0.15, 0.2) is 0 Å². The van der Waals surface area contributed by atoms with E-state index >= 15 is 0 Å². The molecule has 0 atom stereocenters. The van der Waals surface area contributed by atoms with Gasteiger partial charge in [0, 0.05) is 19.6 Å². The van der Waals surface area contributed by atoms with Gasteiger partial charge < -0.3 is 21.7 Å². The lowest BCUT2D eigenvalue weighted by molar-refractivity contribution is 0.546. The molecular weight excluding hydrogens is 362 g/mol. The van der Waals surface area contributed by atoms with Crippen molar-refractivity contribution in [3.05, 3.63) is 0 Å². The Morgan fingerprint density at radius 1 is 0.552 bits per heavy atom. The van der Waals surface area contributed by atoms with Crippen molar-refractivity contribution in [3.8, 4) is 0 Å². The topological polar surface area (TPSA) is 101 Å². The zero-order chi connectivity index (χ0) is 21.0. The van der Waals surface area contributed by atoms with Crippen molar-refractivity contribution in [1.82, 2.24) is 15.0 Å². The molecule has 0 aliphatic carbocycles. The van der Waals surface area contributed by atoms with E-state index in [-0.39, 0.29) is 0 Å². The summed E-state index contributed by atoms with van der Waals surface area (Å²) in [5.74, 6) is 1.84. The molecule has 5 N–H and O–H groups in total. The molecule has 0 saturated carbocycles. The molecule has 0 radical (unpaired) electrons. The molecule has 7 heteroatoms. The maximum atomic E-state index is 5.54. The molecule has 7 nitrogen and oxygen atoms in total.